The first kappa shape index (κ1) is 13.7. The quantitative estimate of drug-likeness (QED) is 0.517. The normalized spacial score (nSPS) is 10.8. The number of benzene rings is 2. The lowest BCUT2D eigenvalue weighted by molar-refractivity contribution is 0.306. The summed E-state index contributed by atoms with van der Waals surface area (Å²) >= 11 is 11.9. The Hall–Kier alpha value is -1.71. The van der Waals surface area contributed by atoms with Gasteiger partial charge in [-0.15, -0.1) is 0 Å². The molecule has 0 aliphatic rings. The van der Waals surface area contributed by atoms with Crippen LogP contribution in [0.2, 0.25) is 10.0 Å². The highest BCUT2D eigenvalue weighted by Gasteiger charge is 2.02. The SMILES string of the molecule is O/N=C\c1ccc(OCc2ccc(Cl)cc2Cl)cc1. The Morgan fingerprint density at radius 3 is 2.47 bits per heavy atom. The summed E-state index contributed by atoms with van der Waals surface area (Å²) in [6.45, 7) is 0.365. The van der Waals surface area contributed by atoms with Gasteiger partial charge in [0.25, 0.3) is 0 Å². The Morgan fingerprint density at radius 1 is 1.11 bits per heavy atom. The van der Waals surface area contributed by atoms with E-state index in [4.69, 9.17) is 33.1 Å². The van der Waals surface area contributed by atoms with Crippen molar-refractivity contribution in [2.24, 2.45) is 5.16 Å². The summed E-state index contributed by atoms with van der Waals surface area (Å²) in [5.41, 5.74) is 1.66. The average Bonchev–Trinajstić information content (AvgIpc) is 2.40. The third kappa shape index (κ3) is 3.88. The second kappa shape index (κ2) is 6.45. The summed E-state index contributed by atoms with van der Waals surface area (Å²) in [7, 11) is 0. The van der Waals surface area contributed by atoms with Crippen molar-refractivity contribution in [1.29, 1.82) is 0 Å². The molecule has 0 atom stereocenters. The van der Waals surface area contributed by atoms with Crippen LogP contribution in [0, 0.1) is 0 Å². The molecule has 0 heterocycles. The Kier molecular flexibility index (Phi) is 4.66. The summed E-state index contributed by atoms with van der Waals surface area (Å²) < 4.78 is 5.61. The number of ether oxygens (including phenoxy) is 1. The maximum atomic E-state index is 8.41. The lowest BCUT2D eigenvalue weighted by Gasteiger charge is -2.08. The minimum absolute atomic E-state index is 0.365. The van der Waals surface area contributed by atoms with E-state index in [9.17, 15) is 0 Å². The fourth-order valence-electron chi connectivity index (χ4n) is 1.52. The second-order valence-corrected chi connectivity index (χ2v) is 4.68. The standard InChI is InChI=1S/C14H11Cl2NO2/c15-12-4-3-11(14(16)7-12)9-19-13-5-1-10(2-6-13)8-17-18/h1-8,18H,9H2/b17-8-. The van der Waals surface area contributed by atoms with E-state index in [1.807, 2.05) is 6.07 Å². The molecule has 0 aliphatic carbocycles. The van der Waals surface area contributed by atoms with E-state index < -0.39 is 0 Å². The molecule has 1 N–H and O–H groups in total. The van der Waals surface area contributed by atoms with E-state index in [1.54, 1.807) is 36.4 Å². The van der Waals surface area contributed by atoms with Crippen LogP contribution >= 0.6 is 23.2 Å². The molecule has 0 aliphatic heterocycles. The van der Waals surface area contributed by atoms with E-state index in [0.29, 0.717) is 22.4 Å². The first-order chi connectivity index (χ1) is 9.19. The Labute approximate surface area is 121 Å². The van der Waals surface area contributed by atoms with Gasteiger partial charge in [0.1, 0.15) is 12.4 Å². The molecule has 2 rings (SSSR count). The molecule has 0 saturated heterocycles. The van der Waals surface area contributed by atoms with Crippen LogP contribution in [-0.2, 0) is 6.61 Å². The van der Waals surface area contributed by atoms with Crippen molar-refractivity contribution in [3.63, 3.8) is 0 Å². The van der Waals surface area contributed by atoms with Crippen LogP contribution < -0.4 is 4.74 Å². The summed E-state index contributed by atoms with van der Waals surface area (Å²) in [6.07, 6.45) is 1.35. The monoisotopic (exact) mass is 295 g/mol. The molecule has 0 unspecified atom stereocenters. The van der Waals surface area contributed by atoms with Crippen LogP contribution in [0.5, 0.6) is 5.75 Å². The molecule has 2 aromatic rings. The first-order valence-electron chi connectivity index (χ1n) is 5.53. The molecule has 0 aromatic heterocycles. The zero-order valence-electron chi connectivity index (χ0n) is 9.88. The van der Waals surface area contributed by atoms with Crippen LogP contribution in [0.15, 0.2) is 47.6 Å². The summed E-state index contributed by atoms with van der Waals surface area (Å²) in [4.78, 5) is 0. The van der Waals surface area contributed by atoms with Gasteiger partial charge in [-0.2, -0.15) is 0 Å². The molecule has 98 valence electrons. The van der Waals surface area contributed by atoms with Gasteiger partial charge in [-0.3, -0.25) is 0 Å². The molecular weight excluding hydrogens is 285 g/mol. The fraction of sp³-hybridized carbons (Fsp3) is 0.0714. The molecule has 0 spiro atoms. The largest absolute Gasteiger partial charge is 0.489 e. The van der Waals surface area contributed by atoms with Gasteiger partial charge < -0.3 is 9.94 Å². The molecule has 0 saturated carbocycles. The van der Waals surface area contributed by atoms with Crippen LogP contribution in [0.1, 0.15) is 11.1 Å². The second-order valence-electron chi connectivity index (χ2n) is 3.84. The highest BCUT2D eigenvalue weighted by Crippen LogP contribution is 2.22. The molecule has 3 nitrogen and oxygen atoms in total. The predicted molar refractivity (Wildman–Crippen MR) is 76.6 cm³/mol. The zero-order chi connectivity index (χ0) is 13.7. The molecule has 0 amide bonds. The molecule has 0 bridgehead atoms. The van der Waals surface area contributed by atoms with Gasteiger partial charge in [-0.25, -0.2) is 0 Å². The van der Waals surface area contributed by atoms with Crippen molar-refractivity contribution in [3.05, 3.63) is 63.6 Å². The van der Waals surface area contributed by atoms with Gasteiger partial charge in [0.05, 0.1) is 6.21 Å². The topological polar surface area (TPSA) is 41.8 Å². The third-order valence-electron chi connectivity index (χ3n) is 2.50. The minimum Gasteiger partial charge on any atom is -0.489 e. The van der Waals surface area contributed by atoms with Gasteiger partial charge in [-0.1, -0.05) is 34.4 Å². The van der Waals surface area contributed by atoms with Gasteiger partial charge in [0, 0.05) is 15.6 Å². The Bertz CT molecular complexity index is 582. The van der Waals surface area contributed by atoms with E-state index in [0.717, 1.165) is 11.1 Å². The van der Waals surface area contributed by atoms with Gasteiger partial charge >= 0.3 is 0 Å². The minimum atomic E-state index is 0.365. The highest BCUT2D eigenvalue weighted by molar-refractivity contribution is 6.35. The smallest absolute Gasteiger partial charge is 0.119 e. The van der Waals surface area contributed by atoms with Crippen molar-refractivity contribution < 1.29 is 9.94 Å². The fourth-order valence-corrected chi connectivity index (χ4v) is 1.98. The summed E-state index contributed by atoms with van der Waals surface area (Å²) in [5.74, 6) is 0.709. The Balaban J connectivity index is 2.02. The average molecular weight is 296 g/mol. The van der Waals surface area contributed by atoms with E-state index in [-0.39, 0.29) is 0 Å². The molecule has 0 radical (unpaired) electrons. The van der Waals surface area contributed by atoms with Crippen molar-refractivity contribution in [2.45, 2.75) is 6.61 Å². The van der Waals surface area contributed by atoms with Crippen LogP contribution in [0.25, 0.3) is 0 Å². The number of rotatable bonds is 4. The maximum Gasteiger partial charge on any atom is 0.119 e. The highest BCUT2D eigenvalue weighted by atomic mass is 35.5. The number of hydrogen-bond donors (Lipinski definition) is 1. The molecule has 0 fully saturated rings. The van der Waals surface area contributed by atoms with Gasteiger partial charge in [0.15, 0.2) is 0 Å². The van der Waals surface area contributed by atoms with Crippen molar-refractivity contribution in [1.82, 2.24) is 0 Å². The van der Waals surface area contributed by atoms with Gasteiger partial charge in [-0.05, 0) is 42.0 Å². The Morgan fingerprint density at radius 2 is 1.84 bits per heavy atom. The third-order valence-corrected chi connectivity index (χ3v) is 3.08. The first-order valence-corrected chi connectivity index (χ1v) is 6.29. The number of oxime groups is 1. The number of nitrogens with zero attached hydrogens (tertiary/aromatic N) is 1. The molecule has 5 heteroatoms. The molecule has 19 heavy (non-hydrogen) atoms. The molecule has 2 aromatic carbocycles. The van der Waals surface area contributed by atoms with Crippen molar-refractivity contribution >= 4 is 29.4 Å². The van der Waals surface area contributed by atoms with Crippen molar-refractivity contribution in [3.8, 4) is 5.75 Å². The van der Waals surface area contributed by atoms with Crippen molar-refractivity contribution in [2.75, 3.05) is 0 Å². The lowest BCUT2D eigenvalue weighted by atomic mass is 10.2. The van der Waals surface area contributed by atoms with E-state index >= 15 is 0 Å². The van der Waals surface area contributed by atoms with Crippen LogP contribution in [0.3, 0.4) is 0 Å². The molecular formula is C14H11Cl2NO2. The number of halogens is 2. The zero-order valence-corrected chi connectivity index (χ0v) is 11.4. The summed E-state index contributed by atoms with van der Waals surface area (Å²) in [6, 6.07) is 12.5. The van der Waals surface area contributed by atoms with Crippen LogP contribution in [-0.4, -0.2) is 11.4 Å². The van der Waals surface area contributed by atoms with E-state index in [2.05, 4.69) is 5.16 Å². The predicted octanol–water partition coefficient (Wildman–Crippen LogP) is 4.38. The van der Waals surface area contributed by atoms with E-state index in [1.165, 1.54) is 6.21 Å². The maximum absolute atomic E-state index is 8.41. The lowest BCUT2D eigenvalue weighted by Crippen LogP contribution is -1.96. The van der Waals surface area contributed by atoms with Gasteiger partial charge in [0.2, 0.25) is 0 Å². The summed E-state index contributed by atoms with van der Waals surface area (Å²) in [5, 5.41) is 12.5. The number of hydrogen-bond acceptors (Lipinski definition) is 3. The van der Waals surface area contributed by atoms with Crippen LogP contribution in [0.4, 0.5) is 0 Å².